The monoisotopic (exact) mass is 278 g/mol. The van der Waals surface area contributed by atoms with Crippen molar-refractivity contribution in [2.24, 2.45) is 5.92 Å². The van der Waals surface area contributed by atoms with Crippen LogP contribution in [-0.4, -0.2) is 37.8 Å². The number of methoxy groups -OCH3 is 1. The minimum absolute atomic E-state index is 0.0521. The van der Waals surface area contributed by atoms with Crippen molar-refractivity contribution in [1.82, 2.24) is 10.6 Å². The first-order chi connectivity index (χ1) is 9.70. The van der Waals surface area contributed by atoms with Crippen LogP contribution >= 0.6 is 0 Å². The van der Waals surface area contributed by atoms with Crippen LogP contribution in [0.25, 0.3) is 0 Å². The van der Waals surface area contributed by atoms with E-state index in [0.29, 0.717) is 18.2 Å². The molecule has 0 bridgehead atoms. The molecule has 5 heteroatoms. The molecule has 0 saturated carbocycles. The van der Waals surface area contributed by atoms with E-state index in [0.717, 1.165) is 19.5 Å². The Labute approximate surface area is 119 Å². The van der Waals surface area contributed by atoms with Gasteiger partial charge in [-0.1, -0.05) is 0 Å². The lowest BCUT2D eigenvalue weighted by atomic mass is 9.95. The van der Waals surface area contributed by atoms with E-state index in [9.17, 15) is 9.90 Å². The average molecular weight is 278 g/mol. The number of aromatic hydroxyl groups is 1. The first-order valence-electron chi connectivity index (χ1n) is 7.06. The van der Waals surface area contributed by atoms with Crippen molar-refractivity contribution in [3.63, 3.8) is 0 Å². The van der Waals surface area contributed by atoms with Crippen molar-refractivity contribution < 1.29 is 14.6 Å². The van der Waals surface area contributed by atoms with Gasteiger partial charge in [0.15, 0.2) is 0 Å². The number of phenols is 1. The lowest BCUT2D eigenvalue weighted by molar-refractivity contribution is 0.0948. The van der Waals surface area contributed by atoms with Crippen LogP contribution in [0.1, 0.15) is 29.6 Å². The highest BCUT2D eigenvalue weighted by molar-refractivity contribution is 5.96. The van der Waals surface area contributed by atoms with Crippen molar-refractivity contribution in [3.05, 3.63) is 23.8 Å². The van der Waals surface area contributed by atoms with Gasteiger partial charge >= 0.3 is 0 Å². The fourth-order valence-corrected chi connectivity index (χ4v) is 2.49. The molecule has 1 aromatic rings. The summed E-state index contributed by atoms with van der Waals surface area (Å²) in [4.78, 5) is 12.0. The first kappa shape index (κ1) is 14.7. The number of benzene rings is 1. The molecule has 1 fully saturated rings. The van der Waals surface area contributed by atoms with Crippen molar-refractivity contribution in [2.75, 3.05) is 26.7 Å². The highest BCUT2D eigenvalue weighted by atomic mass is 16.5. The molecule has 1 heterocycles. The molecule has 0 aliphatic carbocycles. The third kappa shape index (κ3) is 3.87. The number of hydrogen-bond acceptors (Lipinski definition) is 4. The van der Waals surface area contributed by atoms with Gasteiger partial charge < -0.3 is 20.5 Å². The summed E-state index contributed by atoms with van der Waals surface area (Å²) in [5, 5.41) is 16.0. The summed E-state index contributed by atoms with van der Waals surface area (Å²) in [6, 6.07) is 4.69. The van der Waals surface area contributed by atoms with Gasteiger partial charge in [-0.3, -0.25) is 4.79 Å². The Morgan fingerprint density at radius 3 is 2.85 bits per heavy atom. The van der Waals surface area contributed by atoms with Gasteiger partial charge in [-0.2, -0.15) is 0 Å². The van der Waals surface area contributed by atoms with Crippen LogP contribution in [-0.2, 0) is 0 Å². The number of amides is 1. The van der Waals surface area contributed by atoms with Crippen molar-refractivity contribution in [3.8, 4) is 11.5 Å². The van der Waals surface area contributed by atoms with E-state index in [1.807, 2.05) is 0 Å². The first-order valence-corrected chi connectivity index (χ1v) is 7.06. The molecule has 1 amide bonds. The Bertz CT molecular complexity index is 456. The van der Waals surface area contributed by atoms with E-state index < -0.39 is 0 Å². The smallest absolute Gasteiger partial charge is 0.255 e. The van der Waals surface area contributed by atoms with Crippen molar-refractivity contribution >= 4 is 5.91 Å². The fourth-order valence-electron chi connectivity index (χ4n) is 2.49. The van der Waals surface area contributed by atoms with Crippen molar-refractivity contribution in [2.45, 2.75) is 19.3 Å². The molecule has 3 N–H and O–H groups in total. The fraction of sp³-hybridized carbons (Fsp3) is 0.533. The Balaban J connectivity index is 1.82. The van der Waals surface area contributed by atoms with E-state index >= 15 is 0 Å². The maximum absolute atomic E-state index is 12.0. The second-order valence-electron chi connectivity index (χ2n) is 5.12. The zero-order valence-electron chi connectivity index (χ0n) is 11.8. The van der Waals surface area contributed by atoms with Crippen LogP contribution < -0.4 is 15.4 Å². The molecule has 1 aliphatic rings. The van der Waals surface area contributed by atoms with Crippen LogP contribution in [0.5, 0.6) is 11.5 Å². The Hall–Kier alpha value is -1.75. The number of carbonyl (C=O) groups excluding carboxylic acids is 1. The third-order valence-corrected chi connectivity index (χ3v) is 3.75. The lowest BCUT2D eigenvalue weighted by Crippen LogP contribution is -2.31. The standard InChI is InChI=1S/C15H22N2O3/c1-20-12-2-3-13(14(18)10-12)15(19)17-9-6-11-4-7-16-8-5-11/h2-3,10-11,16,18H,4-9H2,1H3,(H,17,19). The van der Waals surface area contributed by atoms with Crippen LogP contribution in [0.2, 0.25) is 0 Å². The summed E-state index contributed by atoms with van der Waals surface area (Å²) in [6.07, 6.45) is 3.33. The zero-order valence-corrected chi connectivity index (χ0v) is 11.8. The molecular weight excluding hydrogens is 256 g/mol. The van der Waals surface area contributed by atoms with E-state index in [1.165, 1.54) is 26.0 Å². The van der Waals surface area contributed by atoms with E-state index in [-0.39, 0.29) is 17.2 Å². The zero-order chi connectivity index (χ0) is 14.4. The molecule has 110 valence electrons. The summed E-state index contributed by atoms with van der Waals surface area (Å²) >= 11 is 0. The van der Waals surface area contributed by atoms with E-state index in [1.54, 1.807) is 12.1 Å². The molecule has 0 aromatic heterocycles. The van der Waals surface area contributed by atoms with Gasteiger partial charge in [-0.25, -0.2) is 0 Å². The van der Waals surface area contributed by atoms with Gasteiger partial charge in [0.25, 0.3) is 5.91 Å². The van der Waals surface area contributed by atoms with E-state index in [2.05, 4.69) is 10.6 Å². The molecule has 0 radical (unpaired) electrons. The number of carbonyl (C=O) groups is 1. The third-order valence-electron chi connectivity index (χ3n) is 3.75. The minimum Gasteiger partial charge on any atom is -0.507 e. The minimum atomic E-state index is -0.237. The summed E-state index contributed by atoms with van der Waals surface area (Å²) in [5.41, 5.74) is 0.288. The van der Waals surface area contributed by atoms with Gasteiger partial charge in [0.1, 0.15) is 11.5 Å². The molecule has 1 aromatic carbocycles. The summed E-state index contributed by atoms with van der Waals surface area (Å²) < 4.78 is 4.99. The molecule has 0 atom stereocenters. The second-order valence-corrected chi connectivity index (χ2v) is 5.12. The summed E-state index contributed by atoms with van der Waals surface area (Å²) in [6.45, 7) is 2.78. The number of piperidine rings is 1. The van der Waals surface area contributed by atoms with Gasteiger partial charge in [-0.15, -0.1) is 0 Å². The Morgan fingerprint density at radius 1 is 1.45 bits per heavy atom. The summed E-state index contributed by atoms with van der Waals surface area (Å²) in [5.74, 6) is 0.928. The number of hydrogen-bond donors (Lipinski definition) is 3. The van der Waals surface area contributed by atoms with Crippen LogP contribution in [0.4, 0.5) is 0 Å². The molecule has 0 spiro atoms. The maximum Gasteiger partial charge on any atom is 0.255 e. The van der Waals surface area contributed by atoms with Crippen molar-refractivity contribution in [1.29, 1.82) is 0 Å². The topological polar surface area (TPSA) is 70.6 Å². The molecule has 5 nitrogen and oxygen atoms in total. The quantitative estimate of drug-likeness (QED) is 0.764. The van der Waals surface area contributed by atoms with Gasteiger partial charge in [0.2, 0.25) is 0 Å². The highest BCUT2D eigenvalue weighted by Gasteiger charge is 2.15. The van der Waals surface area contributed by atoms with Gasteiger partial charge in [0.05, 0.1) is 12.7 Å². The molecule has 1 saturated heterocycles. The molecule has 1 aliphatic heterocycles. The van der Waals surface area contributed by atoms with Crippen LogP contribution in [0.15, 0.2) is 18.2 Å². The molecule has 20 heavy (non-hydrogen) atoms. The van der Waals surface area contributed by atoms with Crippen LogP contribution in [0.3, 0.4) is 0 Å². The normalized spacial score (nSPS) is 15.8. The highest BCUT2D eigenvalue weighted by Crippen LogP contribution is 2.23. The molecule has 2 rings (SSSR count). The van der Waals surface area contributed by atoms with Crippen LogP contribution in [0, 0.1) is 5.92 Å². The van der Waals surface area contributed by atoms with Gasteiger partial charge in [-0.05, 0) is 50.4 Å². The second kappa shape index (κ2) is 7.14. The average Bonchev–Trinajstić information content (AvgIpc) is 2.48. The predicted molar refractivity (Wildman–Crippen MR) is 77.2 cm³/mol. The predicted octanol–water partition coefficient (Wildman–Crippen LogP) is 1.52. The number of ether oxygens (including phenoxy) is 1. The number of nitrogens with one attached hydrogen (secondary N) is 2. The largest absolute Gasteiger partial charge is 0.507 e. The Morgan fingerprint density at radius 2 is 2.20 bits per heavy atom. The van der Waals surface area contributed by atoms with Gasteiger partial charge in [0, 0.05) is 12.6 Å². The molecule has 0 unspecified atom stereocenters. The summed E-state index contributed by atoms with van der Waals surface area (Å²) in [7, 11) is 1.52. The lowest BCUT2D eigenvalue weighted by Gasteiger charge is -2.22. The Kier molecular flexibility index (Phi) is 5.24. The maximum atomic E-state index is 12.0. The number of rotatable bonds is 5. The van der Waals surface area contributed by atoms with E-state index in [4.69, 9.17) is 4.74 Å². The SMILES string of the molecule is COc1ccc(C(=O)NCCC2CCNCC2)c(O)c1. The molecular formula is C15H22N2O3. The number of phenolic OH excluding ortho intramolecular Hbond substituents is 1.